The zero-order valence-electron chi connectivity index (χ0n) is 23.9. The van der Waals surface area contributed by atoms with Crippen molar-refractivity contribution in [3.8, 4) is 0 Å². The normalized spacial score (nSPS) is 20.5. The van der Waals surface area contributed by atoms with E-state index in [0.717, 1.165) is 44.4 Å². The van der Waals surface area contributed by atoms with E-state index < -0.39 is 10.0 Å². The summed E-state index contributed by atoms with van der Waals surface area (Å²) >= 11 is 0. The molecule has 1 aliphatic heterocycles. The van der Waals surface area contributed by atoms with Crippen molar-refractivity contribution in [2.75, 3.05) is 36.8 Å². The molecule has 0 spiro atoms. The molecule has 2 aromatic carbocycles. The largest absolute Gasteiger partial charge is 0.393 e. The number of imidazole rings is 1. The lowest BCUT2D eigenvalue weighted by Crippen LogP contribution is -2.48. The third kappa shape index (κ3) is 6.26. The Bertz CT molecular complexity index is 1600. The Hall–Kier alpha value is -3.58. The first-order chi connectivity index (χ1) is 20.4. The minimum atomic E-state index is -3.60. The van der Waals surface area contributed by atoms with Crippen LogP contribution < -0.4 is 10.6 Å². The number of rotatable bonds is 9. The van der Waals surface area contributed by atoms with Gasteiger partial charge in [-0.1, -0.05) is 30.3 Å². The van der Waals surface area contributed by atoms with E-state index in [-0.39, 0.29) is 17.0 Å². The number of fused-ring (bicyclic) bond motifs is 1. The van der Waals surface area contributed by atoms with Crippen molar-refractivity contribution in [3.05, 3.63) is 66.5 Å². The highest BCUT2D eigenvalue weighted by atomic mass is 32.2. The Labute approximate surface area is 246 Å². The molecule has 2 aliphatic rings. The van der Waals surface area contributed by atoms with Gasteiger partial charge in [-0.25, -0.2) is 13.4 Å². The molecule has 2 fully saturated rings. The van der Waals surface area contributed by atoms with E-state index in [1.807, 2.05) is 29.7 Å². The maximum absolute atomic E-state index is 13.4. The van der Waals surface area contributed by atoms with Gasteiger partial charge in [-0.05, 0) is 62.4 Å². The van der Waals surface area contributed by atoms with Crippen molar-refractivity contribution in [2.24, 2.45) is 0 Å². The Morgan fingerprint density at radius 2 is 1.64 bits per heavy atom. The van der Waals surface area contributed by atoms with Crippen LogP contribution in [-0.2, 0) is 23.1 Å². The maximum Gasteiger partial charge on any atom is 0.243 e. The van der Waals surface area contributed by atoms with Crippen LogP contribution in [0.4, 0.5) is 17.5 Å². The number of nitrogens with zero attached hydrogens (tertiary/aromatic N) is 6. The van der Waals surface area contributed by atoms with Gasteiger partial charge in [0.15, 0.2) is 17.0 Å². The first-order valence-corrected chi connectivity index (χ1v) is 16.1. The van der Waals surface area contributed by atoms with Crippen LogP contribution >= 0.6 is 0 Å². The number of aromatic nitrogens is 4. The van der Waals surface area contributed by atoms with Crippen molar-refractivity contribution in [3.63, 3.8) is 0 Å². The summed E-state index contributed by atoms with van der Waals surface area (Å²) in [5.74, 6) is 1.06. The molecule has 0 unspecified atom stereocenters. The highest BCUT2D eigenvalue weighted by Crippen LogP contribution is 2.28. The van der Waals surface area contributed by atoms with Gasteiger partial charge in [-0.15, -0.1) is 0 Å². The second-order valence-electron chi connectivity index (χ2n) is 11.1. The van der Waals surface area contributed by atoms with Gasteiger partial charge in [0.2, 0.25) is 16.0 Å². The lowest BCUT2D eigenvalue weighted by molar-refractivity contribution is 0.126. The molecule has 1 saturated carbocycles. The maximum atomic E-state index is 13.4. The predicted molar refractivity (Wildman–Crippen MR) is 163 cm³/mol. The number of anilines is 3. The van der Waals surface area contributed by atoms with Crippen molar-refractivity contribution in [1.29, 1.82) is 0 Å². The quantitative estimate of drug-likeness (QED) is 0.267. The monoisotopic (exact) mass is 590 g/mol. The molecule has 11 nitrogen and oxygen atoms in total. The molecule has 0 bridgehead atoms. The fraction of sp³-hybridized carbons (Fsp3) is 0.433. The summed E-state index contributed by atoms with van der Waals surface area (Å²) in [5.41, 5.74) is 3.31. The molecule has 0 radical (unpaired) electrons. The van der Waals surface area contributed by atoms with Gasteiger partial charge in [-0.3, -0.25) is 4.90 Å². The molecule has 3 heterocycles. The predicted octanol–water partition coefficient (Wildman–Crippen LogP) is 3.81. The van der Waals surface area contributed by atoms with Crippen LogP contribution in [-0.4, -0.2) is 80.6 Å². The molecule has 0 atom stereocenters. The minimum absolute atomic E-state index is 0.196. The molecule has 2 aromatic heterocycles. The number of benzene rings is 2. The van der Waals surface area contributed by atoms with Crippen LogP contribution in [0, 0.1) is 0 Å². The van der Waals surface area contributed by atoms with Gasteiger partial charge >= 0.3 is 0 Å². The van der Waals surface area contributed by atoms with Crippen LogP contribution in [0.1, 0.15) is 38.2 Å². The summed E-state index contributed by atoms with van der Waals surface area (Å²) in [5, 5.41) is 16.6. The third-order valence-electron chi connectivity index (χ3n) is 8.17. The number of aliphatic hydroxyl groups excluding tert-OH is 1. The summed E-state index contributed by atoms with van der Waals surface area (Å²) in [4.78, 5) is 16.6. The fourth-order valence-corrected chi connectivity index (χ4v) is 7.12. The molecule has 222 valence electrons. The second-order valence-corrected chi connectivity index (χ2v) is 13.0. The number of sulfonamides is 1. The van der Waals surface area contributed by atoms with E-state index in [4.69, 9.17) is 9.97 Å². The van der Waals surface area contributed by atoms with Crippen molar-refractivity contribution in [2.45, 2.75) is 62.7 Å². The summed E-state index contributed by atoms with van der Waals surface area (Å²) in [6.07, 6.45) is 4.75. The molecule has 0 amide bonds. The number of hydrogen-bond acceptors (Lipinski definition) is 9. The Kier molecular flexibility index (Phi) is 8.38. The van der Waals surface area contributed by atoms with Crippen molar-refractivity contribution in [1.82, 2.24) is 28.7 Å². The van der Waals surface area contributed by atoms with Gasteiger partial charge in [0.1, 0.15) is 0 Å². The van der Waals surface area contributed by atoms with Crippen LogP contribution in [0.3, 0.4) is 0 Å². The van der Waals surface area contributed by atoms with Gasteiger partial charge in [0.05, 0.1) is 17.3 Å². The van der Waals surface area contributed by atoms with Gasteiger partial charge in [0, 0.05) is 51.0 Å². The number of hydrogen-bond donors (Lipinski definition) is 3. The average molecular weight is 591 g/mol. The Balaban J connectivity index is 1.15. The van der Waals surface area contributed by atoms with Crippen LogP contribution in [0.2, 0.25) is 0 Å². The van der Waals surface area contributed by atoms with E-state index in [2.05, 4.69) is 32.7 Å². The SMILES string of the molecule is CCn1cnc2c(Nc3ccc(S(=O)(=O)N4CCN(Cc5ccccc5)CC4)cc3)nc(NC3CCC(O)CC3)nc21. The first kappa shape index (κ1) is 28.5. The lowest BCUT2D eigenvalue weighted by atomic mass is 9.93. The fourth-order valence-electron chi connectivity index (χ4n) is 5.70. The summed E-state index contributed by atoms with van der Waals surface area (Å²) in [6.45, 7) is 5.89. The number of aliphatic hydroxyl groups is 1. The minimum Gasteiger partial charge on any atom is -0.393 e. The molecule has 1 saturated heterocycles. The molecule has 12 heteroatoms. The number of piperazine rings is 1. The van der Waals surface area contributed by atoms with Crippen LogP contribution in [0.15, 0.2) is 65.8 Å². The zero-order valence-corrected chi connectivity index (χ0v) is 24.7. The molecule has 3 N–H and O–H groups in total. The summed E-state index contributed by atoms with van der Waals surface area (Å²) in [6, 6.07) is 17.3. The van der Waals surface area contributed by atoms with E-state index in [0.29, 0.717) is 49.1 Å². The number of nitrogens with one attached hydrogen (secondary N) is 2. The summed E-state index contributed by atoms with van der Waals surface area (Å²) in [7, 11) is -3.60. The van der Waals surface area contributed by atoms with Gasteiger partial charge < -0.3 is 20.3 Å². The third-order valence-corrected chi connectivity index (χ3v) is 10.1. The summed E-state index contributed by atoms with van der Waals surface area (Å²) < 4.78 is 30.4. The van der Waals surface area contributed by atoms with Crippen molar-refractivity contribution < 1.29 is 13.5 Å². The molecule has 1 aliphatic carbocycles. The smallest absolute Gasteiger partial charge is 0.243 e. The number of aryl methyl sites for hydroxylation is 1. The van der Waals surface area contributed by atoms with Gasteiger partial charge in [-0.2, -0.15) is 14.3 Å². The van der Waals surface area contributed by atoms with E-state index >= 15 is 0 Å². The van der Waals surface area contributed by atoms with Crippen LogP contribution in [0.5, 0.6) is 0 Å². The van der Waals surface area contributed by atoms with E-state index in [1.54, 1.807) is 34.9 Å². The van der Waals surface area contributed by atoms with Gasteiger partial charge in [0.25, 0.3) is 0 Å². The molecule has 4 aromatic rings. The second kappa shape index (κ2) is 12.3. The van der Waals surface area contributed by atoms with Crippen LogP contribution in [0.25, 0.3) is 11.2 Å². The topological polar surface area (TPSA) is 129 Å². The Morgan fingerprint density at radius 3 is 2.33 bits per heavy atom. The van der Waals surface area contributed by atoms with Crippen molar-refractivity contribution >= 4 is 38.6 Å². The Morgan fingerprint density at radius 1 is 0.929 bits per heavy atom. The molecule has 42 heavy (non-hydrogen) atoms. The lowest BCUT2D eigenvalue weighted by Gasteiger charge is -2.34. The highest BCUT2D eigenvalue weighted by molar-refractivity contribution is 7.89. The first-order valence-electron chi connectivity index (χ1n) is 14.7. The molecule has 6 rings (SSSR count). The van der Waals surface area contributed by atoms with E-state index in [9.17, 15) is 13.5 Å². The molecular weight excluding hydrogens is 552 g/mol. The zero-order chi connectivity index (χ0) is 29.1. The standard InChI is InChI=1S/C30H38N8O3S/c1-2-37-21-31-27-28(34-30(35-29(27)37)33-24-8-12-25(39)13-9-24)32-23-10-14-26(15-11-23)42(40,41)38-18-16-36(17-19-38)20-22-6-4-3-5-7-22/h3-7,10-11,14-15,21,24-25,39H,2,8-9,12-13,16-20H2,1H3,(H2,32,33,34,35). The van der Waals surface area contributed by atoms with E-state index in [1.165, 1.54) is 5.56 Å². The highest BCUT2D eigenvalue weighted by Gasteiger charge is 2.28. The average Bonchev–Trinajstić information content (AvgIpc) is 3.43. The molecular formula is C30H38N8O3S.